The fraction of sp³-hybridized carbons (Fsp3) is 0.321. The number of ether oxygens (including phenoxy) is 2. The first-order valence-corrected chi connectivity index (χ1v) is 12.7. The summed E-state index contributed by atoms with van der Waals surface area (Å²) in [5.74, 6) is -1.23. The summed E-state index contributed by atoms with van der Waals surface area (Å²) in [6, 6.07) is 16.2. The molecule has 0 saturated carbocycles. The minimum atomic E-state index is -1.40. The molecule has 0 radical (unpaired) electrons. The summed E-state index contributed by atoms with van der Waals surface area (Å²) in [6.07, 6.45) is 1.51. The monoisotopic (exact) mass is 557 g/mol. The Balaban J connectivity index is 1.83. The smallest absolute Gasteiger partial charge is 0.257 e. The lowest BCUT2D eigenvalue weighted by atomic mass is 9.86. The van der Waals surface area contributed by atoms with Gasteiger partial charge in [-0.1, -0.05) is 53.5 Å². The molecule has 0 fully saturated rings. The van der Waals surface area contributed by atoms with Gasteiger partial charge in [0.2, 0.25) is 5.91 Å². The molecule has 8 nitrogen and oxygen atoms in total. The molecule has 1 aliphatic rings. The molecule has 1 unspecified atom stereocenters. The van der Waals surface area contributed by atoms with Crippen LogP contribution in [0.3, 0.4) is 0 Å². The third-order valence-corrected chi connectivity index (χ3v) is 7.18. The lowest BCUT2D eigenvalue weighted by Crippen LogP contribution is -2.53. The van der Waals surface area contributed by atoms with Crippen molar-refractivity contribution >= 4 is 35.0 Å². The highest BCUT2D eigenvalue weighted by molar-refractivity contribution is 6.30. The largest absolute Gasteiger partial charge is 0.396 e. The Morgan fingerprint density at radius 1 is 1.11 bits per heavy atom. The number of aromatic nitrogens is 1. The number of hydrogen-bond acceptors (Lipinski definition) is 6. The molecule has 4 rings (SSSR count). The van der Waals surface area contributed by atoms with Gasteiger partial charge < -0.3 is 19.5 Å². The van der Waals surface area contributed by atoms with E-state index in [0.29, 0.717) is 32.4 Å². The minimum Gasteiger partial charge on any atom is -0.396 e. The summed E-state index contributed by atoms with van der Waals surface area (Å²) >= 11 is 12.1. The van der Waals surface area contributed by atoms with Gasteiger partial charge in [0.05, 0.1) is 42.0 Å². The maximum atomic E-state index is 14.2. The van der Waals surface area contributed by atoms with Gasteiger partial charge >= 0.3 is 0 Å². The van der Waals surface area contributed by atoms with Crippen LogP contribution in [0.5, 0.6) is 0 Å². The van der Waals surface area contributed by atoms with E-state index in [4.69, 9.17) is 32.7 Å². The second kappa shape index (κ2) is 11.8. The maximum absolute atomic E-state index is 14.2. The van der Waals surface area contributed by atoms with Crippen LogP contribution in [0.4, 0.5) is 0 Å². The molecular formula is C28H29Cl2N3O5. The van der Waals surface area contributed by atoms with E-state index in [9.17, 15) is 14.7 Å². The van der Waals surface area contributed by atoms with Crippen LogP contribution in [-0.4, -0.2) is 72.7 Å². The average molecular weight is 558 g/mol. The van der Waals surface area contributed by atoms with E-state index in [-0.39, 0.29) is 38.2 Å². The molecule has 10 heteroatoms. The fourth-order valence-electron chi connectivity index (χ4n) is 4.77. The highest BCUT2D eigenvalue weighted by Crippen LogP contribution is 2.48. The van der Waals surface area contributed by atoms with Crippen molar-refractivity contribution in [3.8, 4) is 11.1 Å². The van der Waals surface area contributed by atoms with Crippen LogP contribution in [-0.2, 0) is 26.5 Å². The second-order valence-corrected chi connectivity index (χ2v) is 10.1. The first-order valence-electron chi connectivity index (χ1n) is 12.0. The zero-order valence-electron chi connectivity index (χ0n) is 21.4. The van der Waals surface area contributed by atoms with Gasteiger partial charge in [-0.2, -0.15) is 0 Å². The number of likely N-dealkylation sites (N-methyl/N-ethyl adjacent to an activating group) is 1. The van der Waals surface area contributed by atoms with Crippen molar-refractivity contribution in [2.75, 3.05) is 41.0 Å². The quantitative estimate of drug-likeness (QED) is 0.401. The third-order valence-electron chi connectivity index (χ3n) is 6.70. The molecule has 38 heavy (non-hydrogen) atoms. The molecule has 1 aliphatic heterocycles. The average Bonchev–Trinajstić information content (AvgIpc) is 3.16. The predicted octanol–water partition coefficient (Wildman–Crippen LogP) is 4.22. The highest BCUT2D eigenvalue weighted by Gasteiger charge is 2.56. The molecule has 3 aromatic rings. The van der Waals surface area contributed by atoms with Crippen LogP contribution < -0.4 is 0 Å². The molecule has 200 valence electrons. The second-order valence-electron chi connectivity index (χ2n) is 9.18. The van der Waals surface area contributed by atoms with Crippen LogP contribution in [0, 0.1) is 5.92 Å². The van der Waals surface area contributed by atoms with E-state index in [1.165, 1.54) is 18.2 Å². The number of carbonyl (C=O) groups is 2. The van der Waals surface area contributed by atoms with Crippen LogP contribution in [0.1, 0.15) is 21.6 Å². The highest BCUT2D eigenvalue weighted by atomic mass is 35.5. The van der Waals surface area contributed by atoms with E-state index in [0.717, 1.165) is 5.56 Å². The van der Waals surface area contributed by atoms with E-state index in [1.807, 2.05) is 30.3 Å². The Bertz CT molecular complexity index is 1300. The molecule has 0 spiro atoms. The van der Waals surface area contributed by atoms with Crippen molar-refractivity contribution in [2.24, 2.45) is 5.92 Å². The number of halogens is 2. The number of fused-ring (bicyclic) bond motifs is 1. The van der Waals surface area contributed by atoms with Gasteiger partial charge in [-0.3, -0.25) is 19.5 Å². The lowest BCUT2D eigenvalue weighted by molar-refractivity contribution is -0.183. The molecule has 0 bridgehead atoms. The standard InChI is InChI=1S/C28H29Cl2N3O5/c1-32(2)25(35)17-38-16-19(15-34)28(37-3)24-6-4-5-23(18-7-9-20(29)10-8-18)26(24)27(36)33(28)14-22-12-11-21(30)13-31-22/h4-13,19,34H,14-17H2,1-3H3/t19?,28-/m1/s1. The van der Waals surface area contributed by atoms with E-state index in [1.54, 1.807) is 43.3 Å². The molecule has 2 aromatic carbocycles. The van der Waals surface area contributed by atoms with E-state index >= 15 is 0 Å². The Morgan fingerprint density at radius 3 is 2.42 bits per heavy atom. The van der Waals surface area contributed by atoms with E-state index < -0.39 is 11.6 Å². The van der Waals surface area contributed by atoms with Gasteiger partial charge in [0, 0.05) is 38.0 Å². The lowest BCUT2D eigenvalue weighted by Gasteiger charge is -2.42. The number of benzene rings is 2. The van der Waals surface area contributed by atoms with Gasteiger partial charge in [-0.05, 0) is 35.4 Å². The summed E-state index contributed by atoms with van der Waals surface area (Å²) in [7, 11) is 4.76. The minimum absolute atomic E-state index is 0.0354. The van der Waals surface area contributed by atoms with Crippen LogP contribution in [0.2, 0.25) is 10.0 Å². The van der Waals surface area contributed by atoms with Crippen molar-refractivity contribution in [3.63, 3.8) is 0 Å². The van der Waals surface area contributed by atoms with Crippen molar-refractivity contribution in [1.82, 2.24) is 14.8 Å². The maximum Gasteiger partial charge on any atom is 0.257 e. The number of aliphatic hydroxyl groups excluding tert-OH is 1. The zero-order chi connectivity index (χ0) is 27.4. The number of amides is 2. The summed E-state index contributed by atoms with van der Waals surface area (Å²) in [4.78, 5) is 33.6. The Hall–Kier alpha value is -3.01. The summed E-state index contributed by atoms with van der Waals surface area (Å²) < 4.78 is 11.9. The SMILES string of the molecule is CO[C@]1(C(CO)COCC(=O)N(C)C)c2cccc(-c3ccc(Cl)cc3)c2C(=O)N1Cc1ccc(Cl)cn1. The number of pyridine rings is 1. The van der Waals surface area contributed by atoms with Crippen molar-refractivity contribution in [3.05, 3.63) is 87.7 Å². The third kappa shape index (κ3) is 5.28. The van der Waals surface area contributed by atoms with Crippen molar-refractivity contribution in [1.29, 1.82) is 0 Å². The van der Waals surface area contributed by atoms with Gasteiger partial charge in [0.25, 0.3) is 5.91 Å². The van der Waals surface area contributed by atoms with Gasteiger partial charge in [0.15, 0.2) is 5.72 Å². The zero-order valence-corrected chi connectivity index (χ0v) is 22.9. The van der Waals surface area contributed by atoms with E-state index in [2.05, 4.69) is 4.98 Å². The number of carbonyl (C=O) groups excluding carboxylic acids is 2. The van der Waals surface area contributed by atoms with Crippen LogP contribution in [0.25, 0.3) is 11.1 Å². The van der Waals surface area contributed by atoms with Crippen LogP contribution in [0.15, 0.2) is 60.8 Å². The Labute approximate surface area is 231 Å². The summed E-state index contributed by atoms with van der Waals surface area (Å²) in [5.41, 5.74) is 1.75. The molecule has 2 heterocycles. The van der Waals surface area contributed by atoms with Gasteiger partial charge in [-0.25, -0.2) is 0 Å². The Kier molecular flexibility index (Phi) is 8.70. The van der Waals surface area contributed by atoms with Gasteiger partial charge in [0.1, 0.15) is 6.61 Å². The molecule has 1 N–H and O–H groups in total. The molecule has 0 aliphatic carbocycles. The number of rotatable bonds is 10. The fourth-order valence-corrected chi connectivity index (χ4v) is 5.01. The van der Waals surface area contributed by atoms with Crippen LogP contribution >= 0.6 is 23.2 Å². The Morgan fingerprint density at radius 2 is 1.82 bits per heavy atom. The molecular weight excluding hydrogens is 529 g/mol. The normalized spacial score (nSPS) is 17.4. The molecule has 1 aromatic heterocycles. The predicted molar refractivity (Wildman–Crippen MR) is 145 cm³/mol. The first kappa shape index (κ1) is 28.0. The number of aliphatic hydroxyl groups is 1. The number of nitrogens with zero attached hydrogens (tertiary/aromatic N) is 3. The molecule has 0 saturated heterocycles. The summed E-state index contributed by atoms with van der Waals surface area (Å²) in [5, 5.41) is 11.6. The van der Waals surface area contributed by atoms with Crippen molar-refractivity contribution in [2.45, 2.75) is 12.3 Å². The van der Waals surface area contributed by atoms with Crippen molar-refractivity contribution < 1.29 is 24.2 Å². The molecule has 2 atom stereocenters. The van der Waals surface area contributed by atoms with Gasteiger partial charge in [-0.15, -0.1) is 0 Å². The topological polar surface area (TPSA) is 92.2 Å². The number of hydrogen-bond donors (Lipinski definition) is 1. The summed E-state index contributed by atoms with van der Waals surface area (Å²) in [6.45, 7) is -0.488. The number of methoxy groups -OCH3 is 1. The first-order chi connectivity index (χ1) is 18.2. The molecule has 2 amide bonds.